The maximum Gasteiger partial charge on any atom is 0.339 e. The van der Waals surface area contributed by atoms with Crippen LogP contribution in [0.3, 0.4) is 0 Å². The number of methoxy groups -OCH3 is 1. The van der Waals surface area contributed by atoms with Gasteiger partial charge in [0.25, 0.3) is 0 Å². The number of hydrazone groups is 1. The van der Waals surface area contributed by atoms with Crippen molar-refractivity contribution in [1.29, 1.82) is 0 Å². The zero-order valence-electron chi connectivity index (χ0n) is 17.4. The van der Waals surface area contributed by atoms with Crippen molar-refractivity contribution >= 4 is 33.8 Å². The second-order valence-corrected chi connectivity index (χ2v) is 8.84. The lowest BCUT2D eigenvalue weighted by molar-refractivity contribution is -0.120. The monoisotopic (exact) mass is 472 g/mol. The van der Waals surface area contributed by atoms with Crippen molar-refractivity contribution in [3.8, 4) is 11.5 Å². The summed E-state index contributed by atoms with van der Waals surface area (Å²) in [5.41, 5.74) is 4.42. The minimum Gasteiger partial charge on any atom is -0.497 e. The summed E-state index contributed by atoms with van der Waals surface area (Å²) < 4.78 is 35.7. The second kappa shape index (κ2) is 10.3. The van der Waals surface area contributed by atoms with Gasteiger partial charge in [-0.3, -0.25) is 4.79 Å². The van der Waals surface area contributed by atoms with Crippen LogP contribution in [0.15, 0.2) is 76.7 Å². The number of rotatable bonds is 8. The van der Waals surface area contributed by atoms with E-state index >= 15 is 0 Å². The molecule has 0 unspecified atom stereocenters. The van der Waals surface area contributed by atoms with Gasteiger partial charge in [-0.2, -0.15) is 13.5 Å². The zero-order chi connectivity index (χ0) is 23.1. The third-order valence-corrected chi connectivity index (χ3v) is 5.86. The van der Waals surface area contributed by atoms with Crippen molar-refractivity contribution in [2.75, 3.05) is 7.11 Å². The van der Waals surface area contributed by atoms with Crippen molar-refractivity contribution in [3.05, 3.63) is 88.4 Å². The number of carbonyl (C=O) groups is 1. The highest BCUT2D eigenvalue weighted by Gasteiger charge is 2.18. The number of halogens is 1. The third-order valence-electron chi connectivity index (χ3n) is 4.38. The summed E-state index contributed by atoms with van der Waals surface area (Å²) in [6.45, 7) is 1.85. The number of ether oxygens (including phenoxy) is 1. The highest BCUT2D eigenvalue weighted by molar-refractivity contribution is 7.87. The van der Waals surface area contributed by atoms with Crippen LogP contribution in [-0.2, 0) is 21.3 Å². The van der Waals surface area contributed by atoms with Crippen LogP contribution in [0.2, 0.25) is 5.02 Å². The van der Waals surface area contributed by atoms with Gasteiger partial charge in [-0.1, -0.05) is 41.4 Å². The summed E-state index contributed by atoms with van der Waals surface area (Å²) in [5, 5.41) is 4.20. The van der Waals surface area contributed by atoms with E-state index in [2.05, 4.69) is 10.5 Å². The molecule has 166 valence electrons. The Labute approximate surface area is 191 Å². The number of carbonyl (C=O) groups excluding carboxylic acids is 1. The minimum absolute atomic E-state index is 0.0103. The van der Waals surface area contributed by atoms with Crippen LogP contribution in [0.5, 0.6) is 11.5 Å². The quantitative estimate of drug-likeness (QED) is 0.302. The number of benzene rings is 3. The van der Waals surface area contributed by atoms with E-state index in [4.69, 9.17) is 20.5 Å². The van der Waals surface area contributed by atoms with Crippen LogP contribution in [0, 0.1) is 6.92 Å². The van der Waals surface area contributed by atoms with Crippen LogP contribution in [0.25, 0.3) is 0 Å². The van der Waals surface area contributed by atoms with Crippen LogP contribution in [0.1, 0.15) is 16.7 Å². The van der Waals surface area contributed by atoms with E-state index < -0.39 is 10.1 Å². The van der Waals surface area contributed by atoms with Gasteiger partial charge in [-0.25, -0.2) is 5.43 Å². The summed E-state index contributed by atoms with van der Waals surface area (Å²) >= 11 is 6.01. The molecule has 32 heavy (non-hydrogen) atoms. The van der Waals surface area contributed by atoms with Gasteiger partial charge in [-0.05, 0) is 48.9 Å². The number of amides is 1. The predicted molar refractivity (Wildman–Crippen MR) is 123 cm³/mol. The molecule has 0 radical (unpaired) electrons. The molecule has 1 amide bonds. The Morgan fingerprint density at radius 2 is 1.84 bits per heavy atom. The van der Waals surface area contributed by atoms with Gasteiger partial charge < -0.3 is 8.92 Å². The van der Waals surface area contributed by atoms with Crippen molar-refractivity contribution < 1.29 is 22.1 Å². The Morgan fingerprint density at radius 3 is 2.56 bits per heavy atom. The van der Waals surface area contributed by atoms with Crippen LogP contribution in [-0.4, -0.2) is 27.6 Å². The molecular formula is C23H21ClN2O5S. The first-order chi connectivity index (χ1) is 15.3. The van der Waals surface area contributed by atoms with Crippen LogP contribution in [0.4, 0.5) is 0 Å². The molecule has 0 saturated carbocycles. The van der Waals surface area contributed by atoms with E-state index in [9.17, 15) is 13.2 Å². The van der Waals surface area contributed by atoms with Gasteiger partial charge in [0, 0.05) is 16.7 Å². The van der Waals surface area contributed by atoms with Gasteiger partial charge in [0.1, 0.15) is 10.6 Å². The molecule has 0 heterocycles. The zero-order valence-corrected chi connectivity index (χ0v) is 19.0. The van der Waals surface area contributed by atoms with E-state index in [1.54, 1.807) is 55.6 Å². The maximum atomic E-state index is 12.6. The highest BCUT2D eigenvalue weighted by atomic mass is 35.5. The molecule has 0 bridgehead atoms. The maximum absolute atomic E-state index is 12.6. The van der Waals surface area contributed by atoms with E-state index in [1.165, 1.54) is 24.4 Å². The summed E-state index contributed by atoms with van der Waals surface area (Å²) in [6, 6.07) is 17.9. The van der Waals surface area contributed by atoms with Crippen LogP contribution >= 0.6 is 11.6 Å². The number of hydrogen-bond acceptors (Lipinski definition) is 6. The second-order valence-electron chi connectivity index (χ2n) is 6.85. The van der Waals surface area contributed by atoms with E-state index in [-0.39, 0.29) is 23.0 Å². The lowest BCUT2D eigenvalue weighted by Gasteiger charge is -2.10. The van der Waals surface area contributed by atoms with Crippen molar-refractivity contribution in [2.24, 2.45) is 5.10 Å². The average molecular weight is 473 g/mol. The van der Waals surface area contributed by atoms with E-state index in [0.29, 0.717) is 16.3 Å². The summed E-state index contributed by atoms with van der Waals surface area (Å²) in [6.07, 6.45) is 1.39. The highest BCUT2D eigenvalue weighted by Crippen LogP contribution is 2.26. The topological polar surface area (TPSA) is 94.1 Å². The van der Waals surface area contributed by atoms with Crippen molar-refractivity contribution in [2.45, 2.75) is 18.2 Å². The molecule has 0 aromatic heterocycles. The molecule has 0 atom stereocenters. The molecule has 0 saturated heterocycles. The van der Waals surface area contributed by atoms with Crippen molar-refractivity contribution in [1.82, 2.24) is 5.43 Å². The molecule has 0 aliphatic carbocycles. The smallest absolute Gasteiger partial charge is 0.339 e. The molecule has 0 spiro atoms. The largest absolute Gasteiger partial charge is 0.497 e. The van der Waals surface area contributed by atoms with Crippen LogP contribution < -0.4 is 14.3 Å². The molecule has 3 aromatic rings. The molecule has 9 heteroatoms. The molecule has 7 nitrogen and oxygen atoms in total. The molecule has 0 aliphatic heterocycles. The number of hydrogen-bond donors (Lipinski definition) is 1. The Kier molecular flexibility index (Phi) is 7.50. The van der Waals surface area contributed by atoms with E-state index in [1.807, 2.05) is 6.92 Å². The normalized spacial score (nSPS) is 11.3. The summed E-state index contributed by atoms with van der Waals surface area (Å²) in [7, 11) is -2.53. The Bertz CT molecular complexity index is 1240. The van der Waals surface area contributed by atoms with Gasteiger partial charge in [0.05, 0.1) is 19.7 Å². The number of aryl methyl sites for hydroxylation is 1. The average Bonchev–Trinajstić information content (AvgIpc) is 2.75. The first-order valence-corrected chi connectivity index (χ1v) is 11.3. The molecule has 3 rings (SSSR count). The van der Waals surface area contributed by atoms with Gasteiger partial charge in [-0.15, -0.1) is 0 Å². The molecular weight excluding hydrogens is 452 g/mol. The fourth-order valence-corrected chi connectivity index (χ4v) is 3.85. The van der Waals surface area contributed by atoms with Gasteiger partial charge in [0.15, 0.2) is 5.75 Å². The van der Waals surface area contributed by atoms with Gasteiger partial charge >= 0.3 is 10.1 Å². The fourth-order valence-electron chi connectivity index (χ4n) is 2.74. The first-order valence-electron chi connectivity index (χ1n) is 9.52. The molecule has 1 N–H and O–H groups in total. The molecule has 3 aromatic carbocycles. The predicted octanol–water partition coefficient (Wildman–Crippen LogP) is 4.12. The lowest BCUT2D eigenvalue weighted by Crippen LogP contribution is -2.20. The first kappa shape index (κ1) is 23.3. The van der Waals surface area contributed by atoms with E-state index in [0.717, 1.165) is 11.1 Å². The molecule has 0 aliphatic rings. The fraction of sp³-hybridized carbons (Fsp3) is 0.130. The molecule has 0 fully saturated rings. The third kappa shape index (κ3) is 6.32. The minimum atomic E-state index is -4.08. The summed E-state index contributed by atoms with van der Waals surface area (Å²) in [4.78, 5) is 12.2. The number of nitrogens with one attached hydrogen (secondary N) is 1. The van der Waals surface area contributed by atoms with Gasteiger partial charge in [0.2, 0.25) is 5.91 Å². The summed E-state index contributed by atoms with van der Waals surface area (Å²) in [5.74, 6) is 0.290. The van der Waals surface area contributed by atoms with Crippen molar-refractivity contribution in [3.63, 3.8) is 0 Å². The number of nitrogens with zero attached hydrogens (tertiary/aromatic N) is 1. The SMILES string of the molecule is COc1cccc(CC(=O)N/N=C\c2ccc(Cl)cc2OS(=O)(=O)c2ccc(C)cc2)c1. The Morgan fingerprint density at radius 1 is 1.09 bits per heavy atom. The standard InChI is InChI=1S/C23H21ClN2O5S/c1-16-6-10-21(11-7-16)32(28,29)31-22-14-19(24)9-8-18(22)15-25-26-23(27)13-17-4-3-5-20(12-17)30-2/h3-12,14-15H,13H2,1-2H3,(H,26,27)/b25-15-. The lowest BCUT2D eigenvalue weighted by atomic mass is 10.1. The Balaban J connectivity index is 1.72. The Hall–Kier alpha value is -3.36.